The normalized spacial score (nSPS) is 29.1. The molecule has 1 aliphatic heterocycles. The van der Waals surface area contributed by atoms with Crippen molar-refractivity contribution in [1.82, 2.24) is 5.32 Å². The minimum Gasteiger partial charge on any atom is -0.456 e. The molecule has 2 aromatic carbocycles. The van der Waals surface area contributed by atoms with Gasteiger partial charge in [0.15, 0.2) is 17.5 Å². The number of ketones is 1. The van der Waals surface area contributed by atoms with Gasteiger partial charge in [0.25, 0.3) is 0 Å². The number of esters is 3. The second kappa shape index (κ2) is 17.9. The summed E-state index contributed by atoms with van der Waals surface area (Å²) in [6.45, 7) is 12.4. The third kappa shape index (κ3) is 9.47. The maximum atomic E-state index is 14.2. The van der Waals surface area contributed by atoms with E-state index in [1.165, 1.54) is 26.0 Å². The number of aliphatic hydroxyl groups is 5. The second-order valence-corrected chi connectivity index (χ2v) is 17.4. The number of nitrogens with one attached hydrogen (secondary N) is 1. The van der Waals surface area contributed by atoms with Gasteiger partial charge in [-0.3, -0.25) is 14.9 Å². The Bertz CT molecular complexity index is 1860. The highest BCUT2D eigenvalue weighted by molar-refractivity contribution is 5.89. The molecule has 324 valence electrons. The summed E-state index contributed by atoms with van der Waals surface area (Å²) in [4.78, 5) is 54.3. The first kappa shape index (κ1) is 46.0. The van der Waals surface area contributed by atoms with Gasteiger partial charge in [0, 0.05) is 37.5 Å². The number of hydrogen-bond acceptors (Lipinski definition) is 15. The SMILES string of the molecule is CCC(=O)[C@H](O)C1=C(C)[C@@H](OC(=O)[C@H](O)[C@@H](NC(O)OC(C)(C)C)c2ccccc2)C[C@@](O)([C@@H](OC(=O)c2ccccc2)[C@H]2C[C@@H](O)C[C@H]3OC[C@@]23OC(C)=O)C1(C)C. The Balaban J connectivity index is 1.63. The molecule has 2 aliphatic carbocycles. The number of ether oxygens (including phenoxy) is 5. The Kier molecular flexibility index (Phi) is 13.9. The number of hydrogen-bond donors (Lipinski definition) is 6. The molecular weight excluding hydrogens is 766 g/mol. The Morgan fingerprint density at radius 2 is 1.58 bits per heavy atom. The van der Waals surface area contributed by atoms with Crippen molar-refractivity contribution in [2.45, 2.75) is 147 Å². The summed E-state index contributed by atoms with van der Waals surface area (Å²) < 4.78 is 29.7. The van der Waals surface area contributed by atoms with Gasteiger partial charge in [0.2, 0.25) is 6.41 Å². The summed E-state index contributed by atoms with van der Waals surface area (Å²) in [6, 6.07) is 15.0. The predicted molar refractivity (Wildman–Crippen MR) is 211 cm³/mol. The molecule has 1 heterocycles. The van der Waals surface area contributed by atoms with Crippen LogP contribution in [0.4, 0.5) is 0 Å². The van der Waals surface area contributed by atoms with Gasteiger partial charge in [0.05, 0.1) is 29.9 Å². The fraction of sp³-hybridized carbons (Fsp3) is 0.591. The van der Waals surface area contributed by atoms with Crippen LogP contribution >= 0.6 is 0 Å². The van der Waals surface area contributed by atoms with Crippen LogP contribution in [0.1, 0.15) is 103 Å². The predicted octanol–water partition coefficient (Wildman–Crippen LogP) is 3.20. The van der Waals surface area contributed by atoms with E-state index in [1.807, 2.05) is 0 Å². The molecule has 15 heteroatoms. The van der Waals surface area contributed by atoms with Crippen LogP contribution in [-0.2, 0) is 38.1 Å². The summed E-state index contributed by atoms with van der Waals surface area (Å²) in [6.07, 6.45) is -11.1. The minimum atomic E-state index is -2.35. The van der Waals surface area contributed by atoms with E-state index in [-0.39, 0.29) is 42.6 Å². The van der Waals surface area contributed by atoms with E-state index in [9.17, 15) is 44.7 Å². The van der Waals surface area contributed by atoms with Gasteiger partial charge < -0.3 is 49.2 Å². The summed E-state index contributed by atoms with van der Waals surface area (Å²) in [5.74, 6) is -4.49. The third-order valence-electron chi connectivity index (χ3n) is 12.0. The Morgan fingerprint density at radius 3 is 2.12 bits per heavy atom. The number of carbonyl (C=O) groups excluding carboxylic acids is 4. The van der Waals surface area contributed by atoms with Gasteiger partial charge >= 0.3 is 17.9 Å². The molecule has 1 saturated carbocycles. The quantitative estimate of drug-likeness (QED) is 0.0656. The van der Waals surface area contributed by atoms with E-state index in [0.717, 1.165) is 0 Å². The molecule has 0 spiro atoms. The smallest absolute Gasteiger partial charge is 0.338 e. The second-order valence-electron chi connectivity index (χ2n) is 17.4. The number of aliphatic hydroxyl groups excluding tert-OH is 4. The van der Waals surface area contributed by atoms with Crippen LogP contribution in [0.5, 0.6) is 0 Å². The van der Waals surface area contributed by atoms with E-state index in [2.05, 4.69) is 5.32 Å². The lowest BCUT2D eigenvalue weighted by molar-refractivity contribution is -0.320. The molecular formula is C44H59NO14. The fourth-order valence-electron chi connectivity index (χ4n) is 8.91. The maximum Gasteiger partial charge on any atom is 0.338 e. The lowest BCUT2D eigenvalue weighted by Gasteiger charge is -2.61. The van der Waals surface area contributed by atoms with Crippen LogP contribution in [0.15, 0.2) is 71.8 Å². The molecule has 5 rings (SSSR count). The summed E-state index contributed by atoms with van der Waals surface area (Å²) in [5.41, 5.74) is -5.59. The van der Waals surface area contributed by atoms with E-state index < -0.39 is 107 Å². The molecule has 59 heavy (non-hydrogen) atoms. The summed E-state index contributed by atoms with van der Waals surface area (Å²) >= 11 is 0. The first-order valence-electron chi connectivity index (χ1n) is 20.0. The standard InChI is InChI=1S/C44H59NO14/c1-9-30(48)35(49)33-24(2)31(56-39(52)36(50)34(26-16-12-10-13-17-26)45-40(53)59-41(4,5)6)22-44(54,42(33,7)8)37(57-38(51)27-18-14-11-15-19-27)29-20-28(47)21-32-43(29,23-55-32)58-25(3)46/h10-19,28-29,31-32,34-37,40,45,47,49-50,53-54H,9,20-23H2,1-8H3/t28-,29-,31+,32-,34+,35+,36-,37+,40?,43-,44-/m1/s1. The van der Waals surface area contributed by atoms with Crippen molar-refractivity contribution in [1.29, 1.82) is 0 Å². The zero-order valence-electron chi connectivity index (χ0n) is 34.9. The number of rotatable bonds is 15. The molecule has 11 atom stereocenters. The van der Waals surface area contributed by atoms with Crippen LogP contribution < -0.4 is 5.32 Å². The van der Waals surface area contributed by atoms with E-state index in [1.54, 1.807) is 90.1 Å². The fourth-order valence-corrected chi connectivity index (χ4v) is 8.91. The van der Waals surface area contributed by atoms with Crippen LogP contribution in [0.2, 0.25) is 0 Å². The van der Waals surface area contributed by atoms with Crippen molar-refractivity contribution in [2.24, 2.45) is 11.3 Å². The van der Waals surface area contributed by atoms with Crippen LogP contribution in [0.3, 0.4) is 0 Å². The zero-order valence-corrected chi connectivity index (χ0v) is 34.9. The number of fused-ring (bicyclic) bond motifs is 1. The molecule has 6 N–H and O–H groups in total. The van der Waals surface area contributed by atoms with Gasteiger partial charge in [-0.25, -0.2) is 9.59 Å². The Hall–Kier alpha value is -4.06. The highest BCUT2D eigenvalue weighted by Gasteiger charge is 2.69. The van der Waals surface area contributed by atoms with Gasteiger partial charge in [0.1, 0.15) is 30.0 Å². The highest BCUT2D eigenvalue weighted by Crippen LogP contribution is 2.57. The molecule has 1 unspecified atom stereocenters. The first-order valence-corrected chi connectivity index (χ1v) is 20.0. The molecule has 0 radical (unpaired) electrons. The van der Waals surface area contributed by atoms with Crippen molar-refractivity contribution in [3.8, 4) is 0 Å². The first-order chi connectivity index (χ1) is 27.6. The Labute approximate surface area is 344 Å². The average Bonchev–Trinajstić information content (AvgIpc) is 3.16. The van der Waals surface area contributed by atoms with Crippen molar-refractivity contribution in [2.75, 3.05) is 6.61 Å². The molecule has 0 bridgehead atoms. The molecule has 2 fully saturated rings. The zero-order chi connectivity index (χ0) is 43.7. The van der Waals surface area contributed by atoms with Crippen LogP contribution in [0.25, 0.3) is 0 Å². The lowest BCUT2D eigenvalue weighted by atomic mass is 9.53. The molecule has 3 aliphatic rings. The highest BCUT2D eigenvalue weighted by atomic mass is 16.6. The average molecular weight is 826 g/mol. The number of carbonyl (C=O) groups is 4. The van der Waals surface area contributed by atoms with Crippen molar-refractivity contribution >= 4 is 23.7 Å². The van der Waals surface area contributed by atoms with Crippen molar-refractivity contribution in [3.05, 3.63) is 82.9 Å². The van der Waals surface area contributed by atoms with Crippen molar-refractivity contribution < 1.29 is 68.4 Å². The number of Topliss-reactive ketones (excluding diaryl/α,β-unsaturated/α-hetero) is 1. The van der Waals surface area contributed by atoms with Gasteiger partial charge in [-0.15, -0.1) is 0 Å². The summed E-state index contributed by atoms with van der Waals surface area (Å²) in [7, 11) is 0. The topological polar surface area (TPSA) is 228 Å². The third-order valence-corrected chi connectivity index (χ3v) is 12.0. The molecule has 0 amide bonds. The van der Waals surface area contributed by atoms with Crippen molar-refractivity contribution in [3.63, 3.8) is 0 Å². The van der Waals surface area contributed by atoms with E-state index in [0.29, 0.717) is 5.56 Å². The van der Waals surface area contributed by atoms with E-state index in [4.69, 9.17) is 23.7 Å². The maximum absolute atomic E-state index is 14.2. The Morgan fingerprint density at radius 1 is 0.966 bits per heavy atom. The molecule has 1 saturated heterocycles. The monoisotopic (exact) mass is 825 g/mol. The van der Waals surface area contributed by atoms with E-state index >= 15 is 0 Å². The van der Waals surface area contributed by atoms with Gasteiger partial charge in [-0.2, -0.15) is 0 Å². The van der Waals surface area contributed by atoms with Gasteiger partial charge in [-0.05, 0) is 63.0 Å². The molecule has 2 aromatic rings. The van der Waals surface area contributed by atoms with Crippen LogP contribution in [0, 0.1) is 11.3 Å². The largest absolute Gasteiger partial charge is 0.456 e. The van der Waals surface area contributed by atoms with Crippen LogP contribution in [-0.4, -0.2) is 116 Å². The lowest BCUT2D eigenvalue weighted by Crippen LogP contribution is -2.75. The molecule has 15 nitrogen and oxygen atoms in total. The minimum absolute atomic E-state index is 0.0165. The van der Waals surface area contributed by atoms with Gasteiger partial charge in [-0.1, -0.05) is 69.3 Å². The molecule has 0 aromatic heterocycles. The number of benzene rings is 2. The summed E-state index contributed by atoms with van der Waals surface area (Å²) in [5, 5.41) is 61.6.